The van der Waals surface area contributed by atoms with Gasteiger partial charge in [-0.3, -0.25) is 0 Å². The van der Waals surface area contributed by atoms with Crippen LogP contribution in [0.15, 0.2) is 6.20 Å². The highest BCUT2D eigenvalue weighted by Gasteiger charge is 2.23. The van der Waals surface area contributed by atoms with Gasteiger partial charge in [-0.2, -0.15) is 0 Å². The van der Waals surface area contributed by atoms with E-state index in [1.165, 1.54) is 18.4 Å². The molecular weight excluding hydrogens is 250 g/mol. The van der Waals surface area contributed by atoms with Crippen LogP contribution in [0.3, 0.4) is 0 Å². The first kappa shape index (κ1) is 13.3. The van der Waals surface area contributed by atoms with E-state index in [0.29, 0.717) is 10.9 Å². The van der Waals surface area contributed by atoms with Crippen LogP contribution in [-0.4, -0.2) is 55.7 Å². The Bertz CT molecular complexity index is 421. The fourth-order valence-electron chi connectivity index (χ4n) is 2.25. The summed E-state index contributed by atoms with van der Waals surface area (Å²) in [6.07, 6.45) is 2.72. The van der Waals surface area contributed by atoms with Crippen molar-refractivity contribution < 1.29 is 9.53 Å². The molecule has 1 fully saturated rings. The summed E-state index contributed by atoms with van der Waals surface area (Å²) in [7, 11) is 3.53. The third-order valence-corrected chi connectivity index (χ3v) is 4.19. The van der Waals surface area contributed by atoms with E-state index >= 15 is 0 Å². The van der Waals surface area contributed by atoms with Crippen molar-refractivity contribution >= 4 is 22.4 Å². The number of anilines is 1. The van der Waals surface area contributed by atoms with E-state index in [2.05, 4.69) is 28.8 Å². The Hall–Kier alpha value is -1.14. The summed E-state index contributed by atoms with van der Waals surface area (Å²) >= 11 is 1.41. The maximum absolute atomic E-state index is 11.4. The molecule has 0 spiro atoms. The average Bonchev–Trinajstić information content (AvgIpc) is 2.76. The van der Waals surface area contributed by atoms with Crippen molar-refractivity contribution in [2.24, 2.45) is 0 Å². The number of hydrogen-bond acceptors (Lipinski definition) is 6. The molecule has 1 aromatic rings. The summed E-state index contributed by atoms with van der Waals surface area (Å²) in [6, 6.07) is 0.411. The Kier molecular flexibility index (Phi) is 4.19. The zero-order chi connectivity index (χ0) is 13.1. The predicted molar refractivity (Wildman–Crippen MR) is 72.4 cm³/mol. The highest BCUT2D eigenvalue weighted by molar-refractivity contribution is 7.17. The Balaban J connectivity index is 2.14. The van der Waals surface area contributed by atoms with Gasteiger partial charge in [0.25, 0.3) is 0 Å². The molecule has 0 N–H and O–H groups in total. The van der Waals surface area contributed by atoms with Crippen molar-refractivity contribution in [3.8, 4) is 0 Å². The molecule has 6 heteroatoms. The minimum Gasteiger partial charge on any atom is -0.465 e. The van der Waals surface area contributed by atoms with E-state index < -0.39 is 0 Å². The van der Waals surface area contributed by atoms with Gasteiger partial charge in [-0.1, -0.05) is 11.3 Å². The summed E-state index contributed by atoms with van der Waals surface area (Å²) in [5.74, 6) is -0.307. The molecule has 2 heterocycles. The number of carbonyl (C=O) groups excluding carboxylic acids is 1. The molecule has 2 rings (SSSR count). The van der Waals surface area contributed by atoms with Crippen LogP contribution in [0, 0.1) is 0 Å². The lowest BCUT2D eigenvalue weighted by molar-refractivity contribution is 0.0606. The number of methoxy groups -OCH3 is 1. The van der Waals surface area contributed by atoms with Gasteiger partial charge in [0.05, 0.1) is 13.3 Å². The molecule has 1 unspecified atom stereocenters. The quantitative estimate of drug-likeness (QED) is 0.761. The number of carbonyl (C=O) groups is 1. The number of nitrogens with zero attached hydrogens (tertiary/aromatic N) is 3. The summed E-state index contributed by atoms with van der Waals surface area (Å²) in [6.45, 7) is 5.31. The zero-order valence-electron chi connectivity index (χ0n) is 11.0. The average molecular weight is 269 g/mol. The van der Waals surface area contributed by atoms with Crippen LogP contribution in [0.2, 0.25) is 0 Å². The lowest BCUT2D eigenvalue weighted by Crippen LogP contribution is -2.37. The van der Waals surface area contributed by atoms with Crippen LogP contribution in [0.4, 0.5) is 5.13 Å². The van der Waals surface area contributed by atoms with E-state index in [0.717, 1.165) is 31.2 Å². The van der Waals surface area contributed by atoms with Crippen molar-refractivity contribution in [2.75, 3.05) is 38.7 Å². The number of likely N-dealkylation sites (N-methyl/N-ethyl adjacent to an activating group) is 1. The second-order valence-corrected chi connectivity index (χ2v) is 5.67. The Morgan fingerprint density at radius 3 is 3.06 bits per heavy atom. The van der Waals surface area contributed by atoms with E-state index in [1.54, 1.807) is 6.20 Å². The molecule has 1 aliphatic heterocycles. The number of aromatic nitrogens is 1. The summed E-state index contributed by atoms with van der Waals surface area (Å²) in [4.78, 5) is 21.0. The maximum atomic E-state index is 11.4. The van der Waals surface area contributed by atoms with E-state index in [9.17, 15) is 4.79 Å². The molecular formula is C12H19N3O2S. The molecule has 0 bridgehead atoms. The van der Waals surface area contributed by atoms with Crippen LogP contribution in [0.1, 0.15) is 23.0 Å². The van der Waals surface area contributed by atoms with Gasteiger partial charge in [0.2, 0.25) is 0 Å². The minimum absolute atomic E-state index is 0.307. The van der Waals surface area contributed by atoms with E-state index in [1.807, 2.05) is 0 Å². The number of esters is 1. The minimum atomic E-state index is -0.307. The van der Waals surface area contributed by atoms with E-state index in [4.69, 9.17) is 4.74 Å². The highest BCUT2D eigenvalue weighted by Crippen LogP contribution is 2.26. The molecule has 100 valence electrons. The van der Waals surface area contributed by atoms with Gasteiger partial charge in [-0.05, 0) is 26.9 Å². The monoisotopic (exact) mass is 269 g/mol. The first-order chi connectivity index (χ1) is 8.61. The molecule has 0 aliphatic carbocycles. The lowest BCUT2D eigenvalue weighted by Gasteiger charge is -2.27. The van der Waals surface area contributed by atoms with Gasteiger partial charge >= 0.3 is 5.97 Å². The largest absolute Gasteiger partial charge is 0.465 e. The van der Waals surface area contributed by atoms with Crippen LogP contribution in [0.25, 0.3) is 0 Å². The van der Waals surface area contributed by atoms with Gasteiger partial charge in [0.1, 0.15) is 4.88 Å². The first-order valence-corrected chi connectivity index (χ1v) is 6.93. The summed E-state index contributed by atoms with van der Waals surface area (Å²) in [5, 5.41) is 0.915. The van der Waals surface area contributed by atoms with Crippen molar-refractivity contribution in [3.63, 3.8) is 0 Å². The molecule has 0 saturated carbocycles. The number of thiazole rings is 1. The molecule has 1 saturated heterocycles. The Morgan fingerprint density at radius 2 is 2.33 bits per heavy atom. The molecule has 18 heavy (non-hydrogen) atoms. The first-order valence-electron chi connectivity index (χ1n) is 6.11. The third kappa shape index (κ3) is 2.81. The second kappa shape index (κ2) is 5.67. The van der Waals surface area contributed by atoms with Crippen LogP contribution in [-0.2, 0) is 4.74 Å². The molecule has 5 nitrogen and oxygen atoms in total. The Morgan fingerprint density at radius 1 is 1.56 bits per heavy atom. The topological polar surface area (TPSA) is 45.7 Å². The second-order valence-electron chi connectivity index (χ2n) is 4.66. The van der Waals surface area contributed by atoms with Crippen molar-refractivity contribution in [2.45, 2.75) is 19.4 Å². The fourth-order valence-corrected chi connectivity index (χ4v) is 3.21. The van der Waals surface area contributed by atoms with Crippen LogP contribution < -0.4 is 4.90 Å². The van der Waals surface area contributed by atoms with Gasteiger partial charge in [0.15, 0.2) is 5.13 Å². The molecule has 1 aromatic heterocycles. The highest BCUT2D eigenvalue weighted by atomic mass is 32.1. The zero-order valence-corrected chi connectivity index (χ0v) is 11.9. The van der Waals surface area contributed by atoms with Crippen molar-refractivity contribution in [1.82, 2.24) is 9.88 Å². The molecule has 1 atom stereocenters. The summed E-state index contributed by atoms with van der Waals surface area (Å²) in [5.41, 5.74) is 0. The van der Waals surface area contributed by atoms with E-state index in [-0.39, 0.29) is 5.97 Å². The number of hydrogen-bond donors (Lipinski definition) is 0. The predicted octanol–water partition coefficient (Wildman–Crippen LogP) is 1.46. The molecule has 0 radical (unpaired) electrons. The normalized spacial score (nSPS) is 21.7. The number of ether oxygens (including phenoxy) is 1. The van der Waals surface area contributed by atoms with Crippen LogP contribution in [0.5, 0.6) is 0 Å². The molecule has 0 aromatic carbocycles. The molecule has 1 aliphatic rings. The van der Waals surface area contributed by atoms with Crippen LogP contribution >= 0.6 is 11.3 Å². The van der Waals surface area contributed by atoms with Crippen molar-refractivity contribution in [1.29, 1.82) is 0 Å². The lowest BCUT2D eigenvalue weighted by atomic mass is 10.3. The smallest absolute Gasteiger partial charge is 0.349 e. The Labute approximate surface area is 111 Å². The summed E-state index contributed by atoms with van der Waals surface area (Å²) < 4.78 is 4.71. The SMILES string of the molecule is COC(=O)c1cnc(N2CCCN(C)CC2C)s1. The number of rotatable bonds is 2. The van der Waals surface area contributed by atoms with Gasteiger partial charge in [-0.15, -0.1) is 0 Å². The van der Waals surface area contributed by atoms with Gasteiger partial charge in [0, 0.05) is 19.1 Å². The standard InChI is InChI=1S/C12H19N3O2S/c1-9-8-14(2)5-4-6-15(9)12-13-7-10(18-12)11(16)17-3/h7,9H,4-6,8H2,1-3H3. The van der Waals surface area contributed by atoms with Crippen molar-refractivity contribution in [3.05, 3.63) is 11.1 Å². The fraction of sp³-hybridized carbons (Fsp3) is 0.667. The van der Waals surface area contributed by atoms with Gasteiger partial charge in [-0.25, -0.2) is 9.78 Å². The molecule has 0 amide bonds. The van der Waals surface area contributed by atoms with Gasteiger partial charge < -0.3 is 14.5 Å². The maximum Gasteiger partial charge on any atom is 0.349 e. The third-order valence-electron chi connectivity index (χ3n) is 3.17.